The van der Waals surface area contributed by atoms with Gasteiger partial charge < -0.3 is 10.6 Å². The molecule has 2 atom stereocenters. The molecule has 2 rings (SSSR count). The molecule has 86 valence electrons. The first-order valence-electron chi connectivity index (χ1n) is 6.28. The van der Waals surface area contributed by atoms with E-state index in [1.807, 2.05) is 4.90 Å². The van der Waals surface area contributed by atoms with Crippen molar-refractivity contribution in [3.63, 3.8) is 0 Å². The van der Waals surface area contributed by atoms with Crippen LogP contribution < -0.4 is 5.73 Å². The molecule has 1 saturated carbocycles. The Morgan fingerprint density at radius 3 is 2.80 bits per heavy atom. The van der Waals surface area contributed by atoms with Crippen LogP contribution in [0.4, 0.5) is 0 Å². The third kappa shape index (κ3) is 2.51. The summed E-state index contributed by atoms with van der Waals surface area (Å²) >= 11 is 0. The van der Waals surface area contributed by atoms with Crippen molar-refractivity contribution in [3.05, 3.63) is 0 Å². The van der Waals surface area contributed by atoms with E-state index >= 15 is 0 Å². The molecule has 0 aromatic heterocycles. The topological polar surface area (TPSA) is 46.3 Å². The number of carbonyl (C=O) groups excluding carboxylic acids is 1. The van der Waals surface area contributed by atoms with Gasteiger partial charge in [0.05, 0.1) is 6.04 Å². The predicted octanol–water partition coefficient (Wildman–Crippen LogP) is 1.51. The van der Waals surface area contributed by atoms with Crippen molar-refractivity contribution in [2.45, 2.75) is 57.5 Å². The average Bonchev–Trinajstić information content (AvgIpc) is 3.03. The van der Waals surface area contributed by atoms with Gasteiger partial charge in [-0.15, -0.1) is 0 Å². The lowest BCUT2D eigenvalue weighted by Crippen LogP contribution is -2.52. The molecule has 1 aliphatic heterocycles. The highest BCUT2D eigenvalue weighted by Crippen LogP contribution is 2.36. The summed E-state index contributed by atoms with van der Waals surface area (Å²) in [5.74, 6) is 1.08. The molecule has 2 fully saturated rings. The zero-order chi connectivity index (χ0) is 10.8. The molecule has 0 spiro atoms. The second-order valence-corrected chi connectivity index (χ2v) is 5.02. The number of hydrogen-bond acceptors (Lipinski definition) is 2. The lowest BCUT2D eigenvalue weighted by molar-refractivity contribution is -0.137. The van der Waals surface area contributed by atoms with Crippen LogP contribution in [0.25, 0.3) is 0 Å². The van der Waals surface area contributed by atoms with Crippen LogP contribution in [0.3, 0.4) is 0 Å². The molecule has 2 N–H and O–H groups in total. The van der Waals surface area contributed by atoms with Gasteiger partial charge in [0.25, 0.3) is 0 Å². The van der Waals surface area contributed by atoms with Crippen LogP contribution in [0.1, 0.15) is 45.4 Å². The summed E-state index contributed by atoms with van der Waals surface area (Å²) in [7, 11) is 0. The molecular formula is C12H22N2O. The number of piperidine rings is 1. The van der Waals surface area contributed by atoms with Crippen LogP contribution in [0, 0.1) is 5.92 Å². The fraction of sp³-hybridized carbons (Fsp3) is 0.917. The van der Waals surface area contributed by atoms with Gasteiger partial charge in [-0.3, -0.25) is 4.79 Å². The summed E-state index contributed by atoms with van der Waals surface area (Å²) in [5.41, 5.74) is 5.82. The lowest BCUT2D eigenvalue weighted by atomic mass is 9.99. The Balaban J connectivity index is 1.95. The van der Waals surface area contributed by atoms with Crippen molar-refractivity contribution in [2.75, 3.05) is 6.54 Å². The molecule has 0 bridgehead atoms. The number of likely N-dealkylation sites (tertiary alicyclic amines) is 1. The van der Waals surface area contributed by atoms with E-state index in [0.717, 1.165) is 31.7 Å². The van der Waals surface area contributed by atoms with E-state index in [-0.39, 0.29) is 11.9 Å². The molecule has 0 aromatic carbocycles. The Bertz CT molecular complexity index is 238. The molecule has 2 aliphatic rings. The molecule has 2 unspecified atom stereocenters. The van der Waals surface area contributed by atoms with Crippen LogP contribution in [-0.4, -0.2) is 29.4 Å². The molecule has 3 nitrogen and oxygen atoms in total. The Morgan fingerprint density at radius 1 is 1.47 bits per heavy atom. The first-order chi connectivity index (χ1) is 7.22. The minimum atomic E-state index is -0.230. The number of nitrogens with two attached hydrogens (primary N) is 1. The summed E-state index contributed by atoms with van der Waals surface area (Å²) in [6.45, 7) is 3.11. The van der Waals surface area contributed by atoms with Crippen LogP contribution >= 0.6 is 0 Å². The van der Waals surface area contributed by atoms with E-state index in [2.05, 4.69) is 6.92 Å². The monoisotopic (exact) mass is 210 g/mol. The number of nitrogens with zero attached hydrogens (tertiary/aromatic N) is 1. The number of amides is 1. The highest BCUT2D eigenvalue weighted by Gasteiger charge is 2.33. The number of hydrogen-bond donors (Lipinski definition) is 1. The van der Waals surface area contributed by atoms with E-state index in [9.17, 15) is 4.79 Å². The molecule has 1 aliphatic carbocycles. The molecule has 3 heteroatoms. The Labute approximate surface area is 92.0 Å². The SMILES string of the molecule is CCC(CC1CC1)N1CCCC(N)C1=O. The zero-order valence-electron chi connectivity index (χ0n) is 9.61. The van der Waals surface area contributed by atoms with Crippen molar-refractivity contribution in [1.82, 2.24) is 4.90 Å². The summed E-state index contributed by atoms with van der Waals surface area (Å²) in [5, 5.41) is 0. The highest BCUT2D eigenvalue weighted by molar-refractivity contribution is 5.82. The van der Waals surface area contributed by atoms with Crippen molar-refractivity contribution in [3.8, 4) is 0 Å². The van der Waals surface area contributed by atoms with E-state index in [1.165, 1.54) is 19.3 Å². The van der Waals surface area contributed by atoms with Crippen LogP contribution in [0.15, 0.2) is 0 Å². The predicted molar refractivity (Wildman–Crippen MR) is 60.3 cm³/mol. The first-order valence-corrected chi connectivity index (χ1v) is 6.28. The maximum absolute atomic E-state index is 11.9. The fourth-order valence-electron chi connectivity index (χ4n) is 2.54. The summed E-state index contributed by atoms with van der Waals surface area (Å²) in [6.07, 6.45) is 6.96. The Hall–Kier alpha value is -0.570. The van der Waals surface area contributed by atoms with Gasteiger partial charge in [-0.25, -0.2) is 0 Å². The minimum Gasteiger partial charge on any atom is -0.338 e. The first kappa shape index (κ1) is 10.9. The van der Waals surface area contributed by atoms with Crippen molar-refractivity contribution in [1.29, 1.82) is 0 Å². The van der Waals surface area contributed by atoms with Crippen molar-refractivity contribution in [2.24, 2.45) is 11.7 Å². The molecule has 1 amide bonds. The molecule has 0 radical (unpaired) electrons. The van der Waals surface area contributed by atoms with E-state index < -0.39 is 0 Å². The van der Waals surface area contributed by atoms with Crippen molar-refractivity contribution >= 4 is 5.91 Å². The molecular weight excluding hydrogens is 188 g/mol. The van der Waals surface area contributed by atoms with Gasteiger partial charge in [-0.2, -0.15) is 0 Å². The van der Waals surface area contributed by atoms with Gasteiger partial charge in [0.15, 0.2) is 0 Å². The van der Waals surface area contributed by atoms with Gasteiger partial charge in [0.2, 0.25) is 5.91 Å². The minimum absolute atomic E-state index is 0.189. The van der Waals surface area contributed by atoms with Gasteiger partial charge in [-0.1, -0.05) is 19.8 Å². The largest absolute Gasteiger partial charge is 0.338 e. The maximum Gasteiger partial charge on any atom is 0.239 e. The van der Waals surface area contributed by atoms with Gasteiger partial charge in [0.1, 0.15) is 0 Å². The lowest BCUT2D eigenvalue weighted by Gasteiger charge is -2.36. The second kappa shape index (κ2) is 4.52. The number of carbonyl (C=O) groups is 1. The van der Waals surface area contributed by atoms with Crippen LogP contribution in [0.2, 0.25) is 0 Å². The summed E-state index contributed by atoms with van der Waals surface area (Å²) < 4.78 is 0. The fourth-order valence-corrected chi connectivity index (χ4v) is 2.54. The smallest absolute Gasteiger partial charge is 0.239 e. The average molecular weight is 210 g/mol. The van der Waals surface area contributed by atoms with Gasteiger partial charge >= 0.3 is 0 Å². The third-order valence-corrected chi connectivity index (χ3v) is 3.73. The molecule has 1 heterocycles. The van der Waals surface area contributed by atoms with Crippen LogP contribution in [-0.2, 0) is 4.79 Å². The van der Waals surface area contributed by atoms with E-state index in [4.69, 9.17) is 5.73 Å². The van der Waals surface area contributed by atoms with Gasteiger partial charge in [-0.05, 0) is 31.6 Å². The standard InChI is InChI=1S/C12H22N2O/c1-2-10(8-9-5-6-9)14-7-3-4-11(13)12(14)15/h9-11H,2-8,13H2,1H3. The van der Waals surface area contributed by atoms with E-state index in [1.54, 1.807) is 0 Å². The third-order valence-electron chi connectivity index (χ3n) is 3.73. The van der Waals surface area contributed by atoms with Crippen molar-refractivity contribution < 1.29 is 4.79 Å². The van der Waals surface area contributed by atoms with E-state index in [0.29, 0.717) is 6.04 Å². The quantitative estimate of drug-likeness (QED) is 0.764. The van der Waals surface area contributed by atoms with Crippen LogP contribution in [0.5, 0.6) is 0 Å². The Kier molecular flexibility index (Phi) is 3.29. The molecule has 1 saturated heterocycles. The maximum atomic E-state index is 11.9. The highest BCUT2D eigenvalue weighted by atomic mass is 16.2. The molecule has 0 aromatic rings. The molecule has 15 heavy (non-hydrogen) atoms. The summed E-state index contributed by atoms with van der Waals surface area (Å²) in [4.78, 5) is 14.0. The second-order valence-electron chi connectivity index (χ2n) is 5.02. The normalized spacial score (nSPS) is 29.3. The Morgan fingerprint density at radius 2 is 2.20 bits per heavy atom. The summed E-state index contributed by atoms with van der Waals surface area (Å²) in [6, 6.07) is 0.225. The zero-order valence-corrected chi connectivity index (χ0v) is 9.61. The number of rotatable bonds is 4. The van der Waals surface area contributed by atoms with Gasteiger partial charge in [0, 0.05) is 12.6 Å².